The summed E-state index contributed by atoms with van der Waals surface area (Å²) in [5.74, 6) is 2.42. The molecule has 1 atom stereocenters. The topological polar surface area (TPSA) is 139 Å². The third kappa shape index (κ3) is 5.00. The average Bonchev–Trinajstić information content (AvgIpc) is 3.40. The van der Waals surface area contributed by atoms with Crippen LogP contribution in [0.4, 0.5) is 16.2 Å². The zero-order chi connectivity index (χ0) is 24.5. The predicted octanol–water partition coefficient (Wildman–Crippen LogP) is 3.05. The number of pyridine rings is 1. The first kappa shape index (κ1) is 22.6. The van der Waals surface area contributed by atoms with E-state index in [0.29, 0.717) is 42.1 Å². The third-order valence-corrected chi connectivity index (χ3v) is 6.00. The molecule has 35 heavy (non-hydrogen) atoms. The molecule has 0 aromatic carbocycles. The van der Waals surface area contributed by atoms with Crippen LogP contribution in [0.15, 0.2) is 36.8 Å². The van der Waals surface area contributed by atoms with E-state index in [1.807, 2.05) is 32.9 Å². The smallest absolute Gasteiger partial charge is 0.231 e. The molecule has 4 heterocycles. The monoisotopic (exact) mass is 476 g/mol. The summed E-state index contributed by atoms with van der Waals surface area (Å²) >= 11 is 0. The molecule has 180 valence electrons. The van der Waals surface area contributed by atoms with Crippen LogP contribution >= 0.6 is 0 Å². The Morgan fingerprint density at radius 3 is 2.69 bits per heavy atom. The zero-order valence-corrected chi connectivity index (χ0v) is 19.5. The highest BCUT2D eigenvalue weighted by Crippen LogP contribution is 2.40. The molecule has 0 saturated heterocycles. The number of nitrogens with one attached hydrogen (secondary N) is 3. The third-order valence-electron chi connectivity index (χ3n) is 6.00. The van der Waals surface area contributed by atoms with Gasteiger partial charge in [0.05, 0.1) is 18.4 Å². The van der Waals surface area contributed by atoms with Gasteiger partial charge < -0.3 is 10.6 Å². The number of rotatable bonds is 7. The van der Waals surface area contributed by atoms with Crippen LogP contribution in [0.2, 0.25) is 0 Å². The van der Waals surface area contributed by atoms with Crippen LogP contribution in [0.1, 0.15) is 54.6 Å². The molecule has 0 radical (unpaired) electrons. The summed E-state index contributed by atoms with van der Waals surface area (Å²) in [6, 6.07) is 5.23. The van der Waals surface area contributed by atoms with E-state index in [2.05, 4.69) is 45.9 Å². The molecule has 4 aromatic heterocycles. The van der Waals surface area contributed by atoms with Gasteiger partial charge in [-0.05, 0) is 45.2 Å². The van der Waals surface area contributed by atoms with E-state index in [4.69, 9.17) is 0 Å². The van der Waals surface area contributed by atoms with Crippen molar-refractivity contribution in [3.63, 3.8) is 0 Å². The van der Waals surface area contributed by atoms with E-state index >= 15 is 0 Å². The van der Waals surface area contributed by atoms with Crippen LogP contribution in [0.3, 0.4) is 0 Å². The van der Waals surface area contributed by atoms with E-state index in [-0.39, 0.29) is 23.8 Å². The maximum atomic E-state index is 13.2. The fraction of sp³-hybridized carbons (Fsp3) is 0.348. The molecular formula is C23H25FN10O. The number of aryl methyl sites for hydroxylation is 2. The molecule has 0 bridgehead atoms. The molecule has 5 rings (SSSR count). The Kier molecular flexibility index (Phi) is 5.93. The van der Waals surface area contributed by atoms with Crippen LogP contribution in [0.5, 0.6) is 0 Å². The van der Waals surface area contributed by atoms with Gasteiger partial charge in [-0.3, -0.25) is 9.89 Å². The van der Waals surface area contributed by atoms with Crippen LogP contribution in [-0.4, -0.2) is 45.8 Å². The molecule has 12 heteroatoms. The van der Waals surface area contributed by atoms with Gasteiger partial charge in [0.1, 0.15) is 11.6 Å². The lowest BCUT2D eigenvalue weighted by molar-refractivity contribution is -0.128. The Balaban J connectivity index is 1.16. The highest BCUT2D eigenvalue weighted by atomic mass is 19.1. The van der Waals surface area contributed by atoms with Crippen molar-refractivity contribution < 1.29 is 9.18 Å². The van der Waals surface area contributed by atoms with Crippen LogP contribution < -0.4 is 10.6 Å². The predicted molar refractivity (Wildman–Crippen MR) is 125 cm³/mol. The maximum Gasteiger partial charge on any atom is 0.231 e. The van der Waals surface area contributed by atoms with Gasteiger partial charge in [-0.15, -0.1) is 0 Å². The number of hydrogen-bond acceptors (Lipinski definition) is 8. The van der Waals surface area contributed by atoms with E-state index in [9.17, 15) is 9.18 Å². The minimum atomic E-state index is -0.428. The quantitative estimate of drug-likeness (QED) is 0.370. The van der Waals surface area contributed by atoms with Crippen molar-refractivity contribution >= 4 is 17.7 Å². The van der Waals surface area contributed by atoms with Crippen LogP contribution in [0.25, 0.3) is 5.82 Å². The highest BCUT2D eigenvalue weighted by Gasteiger charge is 2.38. The van der Waals surface area contributed by atoms with Gasteiger partial charge in [-0.25, -0.2) is 19.0 Å². The van der Waals surface area contributed by atoms with Crippen molar-refractivity contribution in [2.75, 3.05) is 5.32 Å². The first-order valence-corrected chi connectivity index (χ1v) is 11.3. The second kappa shape index (κ2) is 9.20. The van der Waals surface area contributed by atoms with Crippen molar-refractivity contribution in [3.8, 4) is 5.82 Å². The minimum Gasteiger partial charge on any atom is -0.349 e. The SMILES string of the molecule is Cc1nc(Nc2cc(C)[nH]n2)nc([C@H]2C[C@H](C(=O)N[C@@H](C)c3ccc(-n4cc(F)cn4)nc3)C2)n1. The number of halogens is 1. The molecule has 4 aromatic rings. The van der Waals surface area contributed by atoms with E-state index in [0.717, 1.165) is 17.5 Å². The van der Waals surface area contributed by atoms with Crippen LogP contribution in [0, 0.1) is 25.6 Å². The number of aromatic nitrogens is 8. The van der Waals surface area contributed by atoms with Crippen molar-refractivity contribution in [1.29, 1.82) is 0 Å². The Morgan fingerprint density at radius 2 is 2.03 bits per heavy atom. The molecule has 1 saturated carbocycles. The molecule has 1 aliphatic carbocycles. The van der Waals surface area contributed by atoms with Gasteiger partial charge in [0.15, 0.2) is 17.5 Å². The summed E-state index contributed by atoms with van der Waals surface area (Å²) in [4.78, 5) is 30.5. The van der Waals surface area contributed by atoms with Crippen molar-refractivity contribution in [2.45, 2.75) is 45.6 Å². The summed E-state index contributed by atoms with van der Waals surface area (Å²) in [6.45, 7) is 5.64. The minimum absolute atomic E-state index is 0.0110. The van der Waals surface area contributed by atoms with Gasteiger partial charge in [0, 0.05) is 29.8 Å². The Bertz CT molecular complexity index is 1340. The Hall–Kier alpha value is -4.22. The largest absolute Gasteiger partial charge is 0.349 e. The zero-order valence-electron chi connectivity index (χ0n) is 19.5. The van der Waals surface area contributed by atoms with Crippen molar-refractivity contribution in [1.82, 2.24) is 45.2 Å². The second-order valence-corrected chi connectivity index (χ2v) is 8.77. The van der Waals surface area contributed by atoms with Gasteiger partial charge in [0.2, 0.25) is 11.9 Å². The number of amides is 1. The Morgan fingerprint density at radius 1 is 1.20 bits per heavy atom. The number of carbonyl (C=O) groups is 1. The normalized spacial score (nSPS) is 18.1. The molecule has 1 fully saturated rings. The summed E-state index contributed by atoms with van der Waals surface area (Å²) in [5.41, 5.74) is 1.78. The van der Waals surface area contributed by atoms with E-state index in [1.54, 1.807) is 12.3 Å². The van der Waals surface area contributed by atoms with Crippen molar-refractivity contribution in [2.24, 2.45) is 5.92 Å². The lowest BCUT2D eigenvalue weighted by Gasteiger charge is -2.34. The maximum absolute atomic E-state index is 13.2. The number of nitrogens with zero attached hydrogens (tertiary/aromatic N) is 7. The van der Waals surface area contributed by atoms with Gasteiger partial charge >= 0.3 is 0 Å². The first-order chi connectivity index (χ1) is 16.8. The number of anilines is 2. The van der Waals surface area contributed by atoms with Crippen molar-refractivity contribution in [3.05, 3.63) is 65.5 Å². The van der Waals surface area contributed by atoms with E-state index < -0.39 is 5.82 Å². The van der Waals surface area contributed by atoms with Gasteiger partial charge in [0.25, 0.3) is 0 Å². The number of aromatic amines is 1. The second-order valence-electron chi connectivity index (χ2n) is 8.77. The molecule has 0 unspecified atom stereocenters. The first-order valence-electron chi connectivity index (χ1n) is 11.3. The molecular weight excluding hydrogens is 451 g/mol. The summed E-state index contributed by atoms with van der Waals surface area (Å²) in [5, 5.41) is 17.1. The van der Waals surface area contributed by atoms with Gasteiger partial charge in [-0.1, -0.05) is 6.07 Å². The lowest BCUT2D eigenvalue weighted by Crippen LogP contribution is -2.39. The lowest BCUT2D eigenvalue weighted by atomic mass is 9.74. The summed E-state index contributed by atoms with van der Waals surface area (Å²) in [6.07, 6.45) is 5.38. The fourth-order valence-corrected chi connectivity index (χ4v) is 4.01. The molecule has 0 aliphatic heterocycles. The molecule has 0 spiro atoms. The molecule has 3 N–H and O–H groups in total. The molecule has 1 aliphatic rings. The Labute approximate surface area is 200 Å². The number of H-pyrrole nitrogens is 1. The average molecular weight is 477 g/mol. The van der Waals surface area contributed by atoms with E-state index in [1.165, 1.54) is 10.9 Å². The summed E-state index contributed by atoms with van der Waals surface area (Å²) < 4.78 is 14.5. The summed E-state index contributed by atoms with van der Waals surface area (Å²) in [7, 11) is 0. The number of hydrogen-bond donors (Lipinski definition) is 3. The standard InChI is InChI=1S/C23H25FN10O/c1-12-6-19(33-32-12)30-23-29-14(3)28-21(31-23)16-7-17(8-16)22(35)27-13(2)15-4-5-20(25-9-15)34-11-18(24)10-26-34/h4-6,9-11,13,16-17H,7-8H2,1-3H3,(H,27,35)(H2,28,29,30,31,32,33)/t13-,16-,17-/m0/s1. The molecule has 11 nitrogen and oxygen atoms in total. The molecule has 1 amide bonds. The highest BCUT2D eigenvalue weighted by molar-refractivity contribution is 5.80. The van der Waals surface area contributed by atoms with Gasteiger partial charge in [-0.2, -0.15) is 20.2 Å². The number of carbonyl (C=O) groups excluding carboxylic acids is 1. The van der Waals surface area contributed by atoms with Crippen LogP contribution in [-0.2, 0) is 4.79 Å². The fourth-order valence-electron chi connectivity index (χ4n) is 4.01.